The van der Waals surface area contributed by atoms with E-state index in [0.717, 1.165) is 33.2 Å². The summed E-state index contributed by atoms with van der Waals surface area (Å²) in [6.45, 7) is 0. The summed E-state index contributed by atoms with van der Waals surface area (Å²) in [4.78, 5) is 8.56. The summed E-state index contributed by atoms with van der Waals surface area (Å²) < 4.78 is 2.99. The monoisotopic (exact) mass is 276 g/mol. The van der Waals surface area contributed by atoms with Crippen LogP contribution in [0.3, 0.4) is 0 Å². The quantitative estimate of drug-likeness (QED) is 0.683. The van der Waals surface area contributed by atoms with Gasteiger partial charge in [-0.1, -0.05) is 0 Å². The number of tetrazole rings is 1. The topological polar surface area (TPSA) is 69.4 Å². The molecule has 90 valence electrons. The summed E-state index contributed by atoms with van der Waals surface area (Å²) in [6.07, 6.45) is 3.91. The Bertz CT molecular complexity index is 701. The van der Waals surface area contributed by atoms with Crippen LogP contribution in [-0.4, -0.2) is 30.2 Å². The summed E-state index contributed by atoms with van der Waals surface area (Å²) in [7, 11) is 0. The van der Waals surface area contributed by atoms with E-state index < -0.39 is 0 Å². The van der Waals surface area contributed by atoms with Crippen molar-refractivity contribution in [2.45, 2.75) is 29.1 Å². The molecule has 0 atom stereocenters. The first-order chi connectivity index (χ1) is 8.92. The van der Waals surface area contributed by atoms with Crippen LogP contribution in [0.25, 0.3) is 10.2 Å². The van der Waals surface area contributed by atoms with Crippen molar-refractivity contribution in [1.82, 2.24) is 30.2 Å². The molecule has 18 heavy (non-hydrogen) atoms. The number of nitrogens with zero attached hydrogens (tertiary/aromatic N) is 6. The van der Waals surface area contributed by atoms with Gasteiger partial charge < -0.3 is 0 Å². The molecule has 3 heterocycles. The van der Waals surface area contributed by atoms with E-state index >= 15 is 0 Å². The fourth-order valence-corrected chi connectivity index (χ4v) is 3.55. The Morgan fingerprint density at radius 2 is 2.28 bits per heavy atom. The molecular weight excluding hydrogens is 268 g/mol. The van der Waals surface area contributed by atoms with Crippen molar-refractivity contribution < 1.29 is 0 Å². The van der Waals surface area contributed by atoms with Crippen LogP contribution >= 0.6 is 23.1 Å². The van der Waals surface area contributed by atoms with Crippen molar-refractivity contribution in [2.75, 3.05) is 0 Å². The van der Waals surface area contributed by atoms with Crippen molar-refractivity contribution in [3.05, 3.63) is 17.8 Å². The summed E-state index contributed by atoms with van der Waals surface area (Å²) in [5.41, 5.74) is 0.975. The second-order valence-electron chi connectivity index (χ2n) is 4.05. The lowest BCUT2D eigenvalue weighted by atomic mass is 10.5. The normalized spacial score (nSPS) is 15.3. The molecule has 8 heteroatoms. The number of hydrogen-bond acceptors (Lipinski definition) is 7. The second-order valence-corrected chi connectivity index (χ2v) is 5.93. The lowest BCUT2D eigenvalue weighted by molar-refractivity contribution is 0.565. The summed E-state index contributed by atoms with van der Waals surface area (Å²) >= 11 is 3.15. The predicted molar refractivity (Wildman–Crippen MR) is 67.6 cm³/mol. The zero-order chi connectivity index (χ0) is 11.9. The third-order valence-corrected chi connectivity index (χ3v) is 4.75. The first-order valence-corrected chi connectivity index (χ1v) is 7.25. The number of fused-ring (bicyclic) bond motifs is 1. The van der Waals surface area contributed by atoms with Gasteiger partial charge in [-0.25, -0.2) is 14.6 Å². The predicted octanol–water partition coefficient (Wildman–Crippen LogP) is 2.16. The van der Waals surface area contributed by atoms with Gasteiger partial charge in [0, 0.05) is 0 Å². The zero-order valence-corrected chi connectivity index (χ0v) is 10.9. The van der Waals surface area contributed by atoms with Crippen LogP contribution in [0.4, 0.5) is 0 Å². The van der Waals surface area contributed by atoms with Crippen molar-refractivity contribution in [2.24, 2.45) is 0 Å². The Kier molecular flexibility index (Phi) is 2.30. The Balaban J connectivity index is 1.75. The minimum absolute atomic E-state index is 0.475. The number of hydrogen-bond donors (Lipinski definition) is 0. The summed E-state index contributed by atoms with van der Waals surface area (Å²) in [5.74, 6) is 0. The van der Waals surface area contributed by atoms with E-state index in [4.69, 9.17) is 0 Å². The van der Waals surface area contributed by atoms with Gasteiger partial charge >= 0.3 is 0 Å². The van der Waals surface area contributed by atoms with Crippen LogP contribution in [0.1, 0.15) is 18.9 Å². The first kappa shape index (κ1) is 10.4. The maximum absolute atomic E-state index is 4.33. The standard InChI is InChI=1S/C10H8N6S2/c1-2-6(1)16-10(13-14-15-16)18-9-8-7(3-4-17-8)11-5-12-9/h3-6H,1-2H2. The molecular formula is C10H8N6S2. The van der Waals surface area contributed by atoms with Crippen LogP contribution in [0.2, 0.25) is 0 Å². The van der Waals surface area contributed by atoms with Crippen LogP contribution in [-0.2, 0) is 0 Å². The van der Waals surface area contributed by atoms with Gasteiger partial charge in [-0.3, -0.25) is 0 Å². The Morgan fingerprint density at radius 3 is 3.17 bits per heavy atom. The largest absolute Gasteiger partial charge is 0.235 e. The molecule has 0 saturated heterocycles. The summed E-state index contributed by atoms with van der Waals surface area (Å²) in [6, 6.07) is 2.47. The molecule has 1 aliphatic rings. The van der Waals surface area contributed by atoms with Crippen molar-refractivity contribution in [3.8, 4) is 0 Å². The average molecular weight is 276 g/mol. The molecule has 0 radical (unpaired) electrons. The highest BCUT2D eigenvalue weighted by molar-refractivity contribution is 7.99. The highest BCUT2D eigenvalue weighted by Gasteiger charge is 2.28. The van der Waals surface area contributed by atoms with E-state index in [2.05, 4.69) is 25.5 Å². The zero-order valence-electron chi connectivity index (χ0n) is 9.22. The summed E-state index contributed by atoms with van der Waals surface area (Å²) in [5, 5.41) is 15.6. The van der Waals surface area contributed by atoms with E-state index in [1.165, 1.54) is 11.8 Å². The molecule has 0 aromatic carbocycles. The highest BCUT2D eigenvalue weighted by Crippen LogP contribution is 2.39. The van der Waals surface area contributed by atoms with E-state index in [9.17, 15) is 0 Å². The molecule has 0 amide bonds. The Labute approximate surface area is 110 Å². The van der Waals surface area contributed by atoms with Crippen LogP contribution in [0.5, 0.6) is 0 Å². The number of rotatable bonds is 3. The van der Waals surface area contributed by atoms with Gasteiger partial charge in [0.25, 0.3) is 0 Å². The third kappa shape index (κ3) is 1.68. The maximum Gasteiger partial charge on any atom is 0.215 e. The van der Waals surface area contributed by atoms with Crippen LogP contribution < -0.4 is 0 Å². The molecule has 0 aliphatic heterocycles. The van der Waals surface area contributed by atoms with Crippen molar-refractivity contribution in [3.63, 3.8) is 0 Å². The molecule has 0 unspecified atom stereocenters. The molecule has 3 aromatic rings. The minimum Gasteiger partial charge on any atom is -0.235 e. The SMILES string of the molecule is c1nc(Sc2nnnn2C2CC2)c2sccc2n1. The molecule has 6 nitrogen and oxygen atoms in total. The lowest BCUT2D eigenvalue weighted by Crippen LogP contribution is -1.98. The molecule has 0 N–H and O–H groups in total. The molecule has 1 aliphatic carbocycles. The molecule has 3 aromatic heterocycles. The fourth-order valence-electron chi connectivity index (χ4n) is 1.73. The smallest absolute Gasteiger partial charge is 0.215 e. The fraction of sp³-hybridized carbons (Fsp3) is 0.300. The number of aromatic nitrogens is 6. The van der Waals surface area contributed by atoms with E-state index in [1.807, 2.05) is 16.1 Å². The van der Waals surface area contributed by atoms with E-state index in [1.54, 1.807) is 17.7 Å². The van der Waals surface area contributed by atoms with Crippen LogP contribution in [0, 0.1) is 0 Å². The molecule has 1 saturated carbocycles. The Hall–Kier alpha value is -1.54. The van der Waals surface area contributed by atoms with Gasteiger partial charge in [0.2, 0.25) is 5.16 Å². The first-order valence-electron chi connectivity index (χ1n) is 5.56. The highest BCUT2D eigenvalue weighted by atomic mass is 32.2. The van der Waals surface area contributed by atoms with Gasteiger partial charge in [0.05, 0.1) is 16.3 Å². The average Bonchev–Trinajstić information content (AvgIpc) is 2.93. The maximum atomic E-state index is 4.33. The van der Waals surface area contributed by atoms with Gasteiger partial charge in [-0.15, -0.1) is 16.4 Å². The van der Waals surface area contributed by atoms with E-state index in [0.29, 0.717) is 6.04 Å². The van der Waals surface area contributed by atoms with Gasteiger partial charge in [-0.05, 0) is 46.5 Å². The minimum atomic E-state index is 0.475. The van der Waals surface area contributed by atoms with Gasteiger partial charge in [0.1, 0.15) is 11.4 Å². The second kappa shape index (κ2) is 3.99. The third-order valence-electron chi connectivity index (χ3n) is 2.75. The molecule has 0 bridgehead atoms. The molecule has 0 spiro atoms. The molecule has 4 rings (SSSR count). The Morgan fingerprint density at radius 1 is 1.33 bits per heavy atom. The van der Waals surface area contributed by atoms with Gasteiger partial charge in [0.15, 0.2) is 0 Å². The lowest BCUT2D eigenvalue weighted by Gasteiger charge is -2.01. The van der Waals surface area contributed by atoms with Crippen molar-refractivity contribution in [1.29, 1.82) is 0 Å². The van der Waals surface area contributed by atoms with E-state index in [-0.39, 0.29) is 0 Å². The number of thiophene rings is 1. The van der Waals surface area contributed by atoms with Crippen LogP contribution in [0.15, 0.2) is 28.0 Å². The van der Waals surface area contributed by atoms with Crippen molar-refractivity contribution >= 4 is 33.3 Å². The molecule has 1 fully saturated rings. The van der Waals surface area contributed by atoms with Gasteiger partial charge in [-0.2, -0.15) is 0 Å².